The fourth-order valence-corrected chi connectivity index (χ4v) is 3.24. The molecule has 1 N–H and O–H groups in total. The molecule has 2 aromatic rings. The quantitative estimate of drug-likeness (QED) is 0.509. The summed E-state index contributed by atoms with van der Waals surface area (Å²) in [4.78, 5) is 31.8. The second-order valence-corrected chi connectivity index (χ2v) is 6.78. The first-order valence-corrected chi connectivity index (χ1v) is 8.28. The lowest BCUT2D eigenvalue weighted by atomic mass is 10.3. The summed E-state index contributed by atoms with van der Waals surface area (Å²) in [5.41, 5.74) is 2.46. The van der Waals surface area contributed by atoms with Crippen LogP contribution in [0.3, 0.4) is 0 Å². The van der Waals surface area contributed by atoms with E-state index in [1.807, 2.05) is 32.0 Å². The number of aromatic nitrogens is 2. The zero-order valence-corrected chi connectivity index (χ0v) is 14.0. The van der Waals surface area contributed by atoms with Crippen LogP contribution < -0.4 is 5.32 Å². The Balaban J connectivity index is 1.61. The molecule has 1 aliphatic rings. The number of hydrogen-bond donors (Lipinski definition) is 1. The standard InChI is InChI=1S/C16H16N4O3S/c1-9-7-10(2)18-16(17-9)24-12-5-3-11(4-6-12)19-15(21)13-8-14(13)20(22)23/h3-7,13-14H,8H2,1-2H3,(H,19,21)/t13-,14+/m0/s1. The Morgan fingerprint density at radius 3 is 2.42 bits per heavy atom. The van der Waals surface area contributed by atoms with E-state index in [0.717, 1.165) is 16.3 Å². The van der Waals surface area contributed by atoms with Gasteiger partial charge in [0.2, 0.25) is 11.9 Å². The molecule has 0 radical (unpaired) electrons. The molecule has 0 unspecified atom stereocenters. The van der Waals surface area contributed by atoms with Crippen LogP contribution in [-0.2, 0) is 4.79 Å². The van der Waals surface area contributed by atoms with Crippen LogP contribution in [0.15, 0.2) is 40.4 Å². The SMILES string of the molecule is Cc1cc(C)nc(Sc2ccc(NC(=O)[C@H]3C[C@H]3[N+](=O)[O-])cc2)n1. The van der Waals surface area contributed by atoms with Crippen molar-refractivity contribution in [3.05, 3.63) is 51.8 Å². The highest BCUT2D eigenvalue weighted by Crippen LogP contribution is 2.34. The second-order valence-electron chi connectivity index (χ2n) is 5.74. The Hall–Kier alpha value is -2.48. The third kappa shape index (κ3) is 3.88. The zero-order valence-electron chi connectivity index (χ0n) is 13.2. The highest BCUT2D eigenvalue weighted by molar-refractivity contribution is 7.99. The van der Waals surface area contributed by atoms with Gasteiger partial charge in [0.05, 0.1) is 0 Å². The van der Waals surface area contributed by atoms with E-state index in [1.54, 1.807) is 12.1 Å². The second kappa shape index (κ2) is 6.56. The molecule has 0 bridgehead atoms. The number of benzene rings is 1. The number of rotatable bonds is 5. The molecule has 2 atom stereocenters. The van der Waals surface area contributed by atoms with Crippen LogP contribution in [0.1, 0.15) is 17.8 Å². The number of carbonyl (C=O) groups excluding carboxylic acids is 1. The van der Waals surface area contributed by atoms with E-state index in [9.17, 15) is 14.9 Å². The molecule has 0 saturated heterocycles. The monoisotopic (exact) mass is 344 g/mol. The van der Waals surface area contributed by atoms with Crippen LogP contribution in [0.25, 0.3) is 0 Å². The van der Waals surface area contributed by atoms with Crippen molar-refractivity contribution in [1.82, 2.24) is 9.97 Å². The molecule has 0 spiro atoms. The lowest BCUT2D eigenvalue weighted by Gasteiger charge is -2.06. The first kappa shape index (κ1) is 16.4. The fraction of sp³-hybridized carbons (Fsp3) is 0.312. The van der Waals surface area contributed by atoms with Crippen LogP contribution in [0.2, 0.25) is 0 Å². The van der Waals surface area contributed by atoms with Gasteiger partial charge in [-0.2, -0.15) is 0 Å². The van der Waals surface area contributed by atoms with Crippen molar-refractivity contribution in [2.24, 2.45) is 5.92 Å². The molecule has 1 amide bonds. The molecule has 7 nitrogen and oxygen atoms in total. The number of aryl methyl sites for hydroxylation is 2. The number of carbonyl (C=O) groups is 1. The molecule has 3 rings (SSSR count). The third-order valence-corrected chi connectivity index (χ3v) is 4.53. The van der Waals surface area contributed by atoms with E-state index in [4.69, 9.17) is 0 Å². The number of nitrogens with zero attached hydrogens (tertiary/aromatic N) is 3. The van der Waals surface area contributed by atoms with Crippen molar-refractivity contribution < 1.29 is 9.72 Å². The normalized spacial score (nSPS) is 18.9. The minimum atomic E-state index is -0.735. The van der Waals surface area contributed by atoms with Crippen molar-refractivity contribution in [3.63, 3.8) is 0 Å². The molecule has 124 valence electrons. The first-order valence-electron chi connectivity index (χ1n) is 7.47. The summed E-state index contributed by atoms with van der Waals surface area (Å²) in [6.45, 7) is 3.85. The minimum absolute atomic E-state index is 0.297. The molecule has 1 aromatic carbocycles. The van der Waals surface area contributed by atoms with Gasteiger partial charge in [-0.25, -0.2) is 9.97 Å². The van der Waals surface area contributed by atoms with Crippen LogP contribution in [-0.4, -0.2) is 26.8 Å². The summed E-state index contributed by atoms with van der Waals surface area (Å²) in [7, 11) is 0. The van der Waals surface area contributed by atoms with Crippen molar-refractivity contribution in [1.29, 1.82) is 0 Å². The summed E-state index contributed by atoms with van der Waals surface area (Å²) in [6, 6.07) is 8.44. The Bertz CT molecular complexity index is 774. The fourth-order valence-electron chi connectivity index (χ4n) is 2.38. The predicted molar refractivity (Wildman–Crippen MR) is 89.6 cm³/mol. The molecule has 1 aromatic heterocycles. The maximum absolute atomic E-state index is 11.9. The average molecular weight is 344 g/mol. The maximum Gasteiger partial charge on any atom is 0.234 e. The van der Waals surface area contributed by atoms with E-state index in [1.165, 1.54) is 11.8 Å². The van der Waals surface area contributed by atoms with Crippen molar-refractivity contribution in [3.8, 4) is 0 Å². The molecule has 8 heteroatoms. The first-order chi connectivity index (χ1) is 11.4. The summed E-state index contributed by atoms with van der Waals surface area (Å²) in [6.07, 6.45) is 0.316. The van der Waals surface area contributed by atoms with Crippen LogP contribution in [0, 0.1) is 29.9 Å². The van der Waals surface area contributed by atoms with Gasteiger partial charge in [0.1, 0.15) is 5.92 Å². The highest BCUT2D eigenvalue weighted by Gasteiger charge is 2.53. The van der Waals surface area contributed by atoms with Crippen LogP contribution in [0.4, 0.5) is 5.69 Å². The summed E-state index contributed by atoms with van der Waals surface area (Å²) in [5, 5.41) is 14.0. The lowest BCUT2D eigenvalue weighted by molar-refractivity contribution is -0.497. The van der Waals surface area contributed by atoms with E-state index in [2.05, 4.69) is 15.3 Å². The van der Waals surface area contributed by atoms with Gasteiger partial charge in [0.15, 0.2) is 5.16 Å². The molecular formula is C16H16N4O3S. The Labute approximate surface area is 143 Å². The smallest absolute Gasteiger partial charge is 0.234 e. The molecule has 1 fully saturated rings. The summed E-state index contributed by atoms with van der Waals surface area (Å²) in [5.74, 6) is -0.813. The van der Waals surface area contributed by atoms with Gasteiger partial charge in [-0.1, -0.05) is 0 Å². The van der Waals surface area contributed by atoms with Gasteiger partial charge in [-0.05, 0) is 55.9 Å². The van der Waals surface area contributed by atoms with Crippen molar-refractivity contribution in [2.75, 3.05) is 5.32 Å². The third-order valence-electron chi connectivity index (χ3n) is 3.66. The van der Waals surface area contributed by atoms with Gasteiger partial charge in [0, 0.05) is 33.3 Å². The summed E-state index contributed by atoms with van der Waals surface area (Å²) < 4.78 is 0. The molecular weight excluding hydrogens is 328 g/mol. The van der Waals surface area contributed by atoms with Crippen molar-refractivity contribution in [2.45, 2.75) is 36.4 Å². The molecule has 1 heterocycles. The lowest BCUT2D eigenvalue weighted by Crippen LogP contribution is -2.18. The molecule has 1 saturated carbocycles. The van der Waals surface area contributed by atoms with Gasteiger partial charge in [-0.3, -0.25) is 14.9 Å². The number of nitrogens with one attached hydrogen (secondary N) is 1. The van der Waals surface area contributed by atoms with Crippen LogP contribution in [0.5, 0.6) is 0 Å². The highest BCUT2D eigenvalue weighted by atomic mass is 32.2. The van der Waals surface area contributed by atoms with Crippen LogP contribution >= 0.6 is 11.8 Å². The molecule has 1 aliphatic carbocycles. The number of anilines is 1. The average Bonchev–Trinajstić information content (AvgIpc) is 3.29. The molecule has 0 aliphatic heterocycles. The minimum Gasteiger partial charge on any atom is -0.326 e. The molecule has 24 heavy (non-hydrogen) atoms. The van der Waals surface area contributed by atoms with Gasteiger partial charge >= 0.3 is 0 Å². The Morgan fingerprint density at radius 2 is 1.88 bits per heavy atom. The number of amides is 1. The predicted octanol–water partition coefficient (Wildman–Crippen LogP) is 2.85. The summed E-state index contributed by atoms with van der Waals surface area (Å²) >= 11 is 1.44. The van der Waals surface area contributed by atoms with E-state index < -0.39 is 16.9 Å². The van der Waals surface area contributed by atoms with E-state index >= 15 is 0 Å². The van der Waals surface area contributed by atoms with Gasteiger partial charge < -0.3 is 5.32 Å². The number of nitro groups is 1. The van der Waals surface area contributed by atoms with Gasteiger partial charge in [0.25, 0.3) is 0 Å². The topological polar surface area (TPSA) is 98.0 Å². The van der Waals surface area contributed by atoms with E-state index in [-0.39, 0.29) is 5.91 Å². The Morgan fingerprint density at radius 1 is 1.25 bits per heavy atom. The largest absolute Gasteiger partial charge is 0.326 e. The van der Waals surface area contributed by atoms with Crippen molar-refractivity contribution >= 4 is 23.4 Å². The Kier molecular flexibility index (Phi) is 4.48. The zero-order chi connectivity index (χ0) is 17.3. The number of hydrogen-bond acceptors (Lipinski definition) is 6. The van der Waals surface area contributed by atoms with Gasteiger partial charge in [-0.15, -0.1) is 0 Å². The van der Waals surface area contributed by atoms with E-state index in [0.29, 0.717) is 17.3 Å². The maximum atomic E-state index is 11.9.